The zero-order chi connectivity index (χ0) is 26.5. The van der Waals surface area contributed by atoms with Crippen LogP contribution < -0.4 is 9.80 Å². The maximum Gasteiger partial charge on any atom is 0.281 e. The molecule has 2 aromatic heterocycles. The van der Waals surface area contributed by atoms with E-state index in [0.717, 1.165) is 40.1 Å². The highest BCUT2D eigenvalue weighted by atomic mass is 35.5. The minimum Gasteiger partial charge on any atom is -0.363 e. The summed E-state index contributed by atoms with van der Waals surface area (Å²) in [5.74, 6) is -0.873. The molecular formula is C27H29ClFN7O. The Morgan fingerprint density at radius 3 is 2.89 bits per heavy atom. The quantitative estimate of drug-likeness (QED) is 0.382. The van der Waals surface area contributed by atoms with Gasteiger partial charge in [-0.25, -0.2) is 14.4 Å². The van der Waals surface area contributed by atoms with E-state index >= 15 is 0 Å². The molecule has 0 fully saturated rings. The average Bonchev–Trinajstić information content (AvgIpc) is 2.89. The first kappa shape index (κ1) is 26.3. The van der Waals surface area contributed by atoms with E-state index in [9.17, 15) is 14.4 Å². The zero-order valence-corrected chi connectivity index (χ0v) is 21.7. The van der Waals surface area contributed by atoms with Gasteiger partial charge in [-0.1, -0.05) is 37.2 Å². The lowest BCUT2D eigenvalue weighted by Gasteiger charge is -2.34. The summed E-state index contributed by atoms with van der Waals surface area (Å²) >= 11 is 6.56. The fourth-order valence-electron chi connectivity index (χ4n) is 4.69. The Hall–Kier alpha value is -3.77. The zero-order valence-electron chi connectivity index (χ0n) is 21.0. The molecule has 8 nitrogen and oxygen atoms in total. The second kappa shape index (κ2) is 11.5. The Morgan fingerprint density at radius 1 is 1.32 bits per heavy atom. The lowest BCUT2D eigenvalue weighted by Crippen LogP contribution is -2.40. The van der Waals surface area contributed by atoms with Crippen molar-refractivity contribution in [1.29, 1.82) is 5.26 Å². The number of anilines is 2. The fourth-order valence-corrected chi connectivity index (χ4v) is 4.96. The van der Waals surface area contributed by atoms with E-state index in [1.54, 1.807) is 13.4 Å². The van der Waals surface area contributed by atoms with E-state index < -0.39 is 11.7 Å². The number of fused-ring (bicyclic) bond motifs is 2. The Kier molecular flexibility index (Phi) is 8.19. The molecule has 4 rings (SSSR count). The molecule has 1 aromatic carbocycles. The minimum atomic E-state index is -0.991. The van der Waals surface area contributed by atoms with Crippen molar-refractivity contribution in [3.63, 3.8) is 0 Å². The minimum absolute atomic E-state index is 0.0803. The number of aromatic nitrogens is 3. The van der Waals surface area contributed by atoms with E-state index in [2.05, 4.69) is 37.4 Å². The first-order chi connectivity index (χ1) is 17.8. The third kappa shape index (κ3) is 5.81. The molecule has 1 amide bonds. The highest BCUT2D eigenvalue weighted by molar-refractivity contribution is 6.36. The first-order valence-corrected chi connectivity index (χ1v) is 12.5. The van der Waals surface area contributed by atoms with Crippen molar-refractivity contribution in [2.24, 2.45) is 5.92 Å². The summed E-state index contributed by atoms with van der Waals surface area (Å²) < 4.78 is 13.4. The predicted octanol–water partition coefficient (Wildman–Crippen LogP) is 4.54. The first-order valence-electron chi connectivity index (χ1n) is 12.1. The lowest BCUT2D eigenvalue weighted by molar-refractivity contribution is -0.127. The molecule has 1 aliphatic rings. The predicted molar refractivity (Wildman–Crippen MR) is 143 cm³/mol. The molecule has 0 aliphatic carbocycles. The monoisotopic (exact) mass is 521 g/mol. The molecule has 192 valence electrons. The van der Waals surface area contributed by atoms with Crippen LogP contribution in [0.1, 0.15) is 24.6 Å². The van der Waals surface area contributed by atoms with Gasteiger partial charge < -0.3 is 14.7 Å². The smallest absolute Gasteiger partial charge is 0.281 e. The summed E-state index contributed by atoms with van der Waals surface area (Å²) in [4.78, 5) is 31.2. The highest BCUT2D eigenvalue weighted by Crippen LogP contribution is 2.35. The number of benzene rings is 1. The molecule has 0 bridgehead atoms. The van der Waals surface area contributed by atoms with Gasteiger partial charge in [-0.2, -0.15) is 5.26 Å². The summed E-state index contributed by atoms with van der Waals surface area (Å²) in [6.07, 6.45) is 6.28. The Bertz CT molecular complexity index is 1350. The number of carbonyl (C=O) groups is 1. The van der Waals surface area contributed by atoms with E-state index in [-0.39, 0.29) is 12.5 Å². The van der Waals surface area contributed by atoms with Gasteiger partial charge in [0.25, 0.3) is 5.91 Å². The molecule has 1 aliphatic heterocycles. The molecule has 0 unspecified atom stereocenters. The number of pyridine rings is 1. The van der Waals surface area contributed by atoms with Crippen LogP contribution in [0.3, 0.4) is 0 Å². The summed E-state index contributed by atoms with van der Waals surface area (Å²) in [5, 5.41) is 11.8. The van der Waals surface area contributed by atoms with Crippen molar-refractivity contribution >= 4 is 39.8 Å². The largest absolute Gasteiger partial charge is 0.363 e. The van der Waals surface area contributed by atoms with Gasteiger partial charge in [0.1, 0.15) is 12.1 Å². The highest BCUT2D eigenvalue weighted by Gasteiger charge is 2.26. The summed E-state index contributed by atoms with van der Waals surface area (Å²) in [5.41, 5.74) is 2.89. The van der Waals surface area contributed by atoms with Crippen molar-refractivity contribution in [1.82, 2.24) is 19.9 Å². The number of nitriles is 1. The van der Waals surface area contributed by atoms with Crippen molar-refractivity contribution < 1.29 is 9.18 Å². The van der Waals surface area contributed by atoms with Crippen LogP contribution in [-0.4, -0.2) is 59.0 Å². The Morgan fingerprint density at radius 2 is 2.14 bits per heavy atom. The molecule has 37 heavy (non-hydrogen) atoms. The van der Waals surface area contributed by atoms with Crippen LogP contribution in [0.25, 0.3) is 10.8 Å². The van der Waals surface area contributed by atoms with Gasteiger partial charge in [-0.05, 0) is 18.4 Å². The second-order valence-electron chi connectivity index (χ2n) is 9.34. The summed E-state index contributed by atoms with van der Waals surface area (Å²) in [7, 11) is 1.54. The maximum atomic E-state index is 13.4. The van der Waals surface area contributed by atoms with Crippen molar-refractivity contribution in [2.45, 2.75) is 26.3 Å². The van der Waals surface area contributed by atoms with Crippen molar-refractivity contribution in [3.8, 4) is 6.07 Å². The van der Waals surface area contributed by atoms with Gasteiger partial charge >= 0.3 is 0 Å². The number of halogens is 2. The number of hydrogen-bond acceptors (Lipinski definition) is 7. The third-order valence-electron chi connectivity index (χ3n) is 6.59. The second-order valence-corrected chi connectivity index (χ2v) is 9.74. The molecule has 0 spiro atoms. The van der Waals surface area contributed by atoms with Gasteiger partial charge in [0.05, 0.1) is 35.2 Å². The standard InChI is InChI=1S/C27H29ClFN7O/c1-18(7-9-30)15-36(12-11-34(3)27(37)19(2)29)26-21-8-10-35(16-23(21)32-17-33-26)24-14-31-13-20-5-4-6-22(28)25(20)24/h4-6,13-14,17-18H,2,7-8,10-12,15-16H2,1,3H3/t18-/m1/s1. The third-order valence-corrected chi connectivity index (χ3v) is 6.91. The van der Waals surface area contributed by atoms with Crippen LogP contribution in [0, 0.1) is 17.2 Å². The molecule has 10 heteroatoms. The molecule has 0 saturated heterocycles. The number of rotatable bonds is 9. The molecular weight excluding hydrogens is 493 g/mol. The number of carbonyl (C=O) groups excluding carboxylic acids is 1. The van der Waals surface area contributed by atoms with Crippen molar-refractivity contribution in [2.75, 3.05) is 43.0 Å². The topological polar surface area (TPSA) is 89.2 Å². The number of amides is 1. The SMILES string of the molecule is C=C(F)C(=O)N(C)CCN(C[C@H](C)CC#N)c1ncnc2c1CCN(c1cncc3cccc(Cl)c13)C2. The van der Waals surface area contributed by atoms with Gasteiger partial charge in [-0.15, -0.1) is 0 Å². The molecule has 1 atom stereocenters. The van der Waals surface area contributed by atoms with Crippen LogP contribution in [0.4, 0.5) is 15.9 Å². The number of hydrogen-bond donors (Lipinski definition) is 0. The van der Waals surface area contributed by atoms with Gasteiger partial charge in [0, 0.05) is 62.2 Å². The Labute approximate surface area is 221 Å². The van der Waals surface area contributed by atoms with Crippen LogP contribution >= 0.6 is 11.6 Å². The fraction of sp³-hybridized carbons (Fsp3) is 0.370. The molecule has 0 N–H and O–H groups in total. The average molecular weight is 522 g/mol. The van der Waals surface area contributed by atoms with Crippen LogP contribution in [0.2, 0.25) is 5.02 Å². The summed E-state index contributed by atoms with van der Waals surface area (Å²) in [6.45, 7) is 7.68. The molecule has 3 heterocycles. The molecule has 3 aromatic rings. The van der Waals surface area contributed by atoms with Crippen molar-refractivity contribution in [3.05, 3.63) is 65.6 Å². The normalized spacial score (nSPS) is 13.5. The number of nitrogens with zero attached hydrogens (tertiary/aromatic N) is 7. The van der Waals surface area contributed by atoms with E-state index in [0.29, 0.717) is 37.5 Å². The van der Waals surface area contributed by atoms with Gasteiger partial charge in [-0.3, -0.25) is 9.78 Å². The van der Waals surface area contributed by atoms with Gasteiger partial charge in [0.15, 0.2) is 5.83 Å². The molecule has 0 radical (unpaired) electrons. The van der Waals surface area contributed by atoms with Gasteiger partial charge in [0.2, 0.25) is 0 Å². The van der Waals surface area contributed by atoms with E-state index in [1.165, 1.54) is 4.90 Å². The van der Waals surface area contributed by atoms with E-state index in [4.69, 9.17) is 11.6 Å². The summed E-state index contributed by atoms with van der Waals surface area (Å²) in [6, 6.07) is 8.01. The molecule has 0 saturated carbocycles. The van der Waals surface area contributed by atoms with Crippen LogP contribution in [-0.2, 0) is 17.8 Å². The van der Waals surface area contributed by atoms with Crippen LogP contribution in [0.15, 0.2) is 49.3 Å². The lowest BCUT2D eigenvalue weighted by atomic mass is 10.0. The Balaban J connectivity index is 1.62. The maximum absolute atomic E-state index is 13.4. The van der Waals surface area contributed by atoms with E-state index in [1.807, 2.05) is 37.5 Å². The number of likely N-dealkylation sites (N-methyl/N-ethyl adjacent to an activating group) is 1. The van der Waals surface area contributed by atoms with Crippen LogP contribution in [0.5, 0.6) is 0 Å².